The number of rotatable bonds is 2. The number of aromatic amines is 2. The van der Waals surface area contributed by atoms with Crippen LogP contribution in [0.2, 0.25) is 0 Å². The summed E-state index contributed by atoms with van der Waals surface area (Å²) in [5.41, 5.74) is 0.873. The second-order valence-corrected chi connectivity index (χ2v) is 4.97. The molecule has 0 atom stereocenters. The van der Waals surface area contributed by atoms with Gasteiger partial charge >= 0.3 is 5.69 Å². The average Bonchev–Trinajstić information content (AvgIpc) is 2.84. The first-order valence-electron chi connectivity index (χ1n) is 6.54. The van der Waals surface area contributed by atoms with Crippen molar-refractivity contribution in [2.45, 2.75) is 6.92 Å². The lowest BCUT2D eigenvalue weighted by Crippen LogP contribution is -2.15. The lowest BCUT2D eigenvalue weighted by atomic mass is 10.1. The van der Waals surface area contributed by atoms with Crippen molar-refractivity contribution in [3.05, 3.63) is 63.3 Å². The van der Waals surface area contributed by atoms with Crippen LogP contribution in [0.5, 0.6) is 0 Å². The molecule has 0 unspecified atom stereocenters. The molecule has 23 heavy (non-hydrogen) atoms. The Morgan fingerprint density at radius 1 is 1.04 bits per heavy atom. The number of fused-ring (bicyclic) bond motifs is 1. The molecule has 0 saturated carbocycles. The summed E-state index contributed by atoms with van der Waals surface area (Å²) in [6.45, 7) is 1.67. The lowest BCUT2D eigenvalue weighted by molar-refractivity contribution is 0.102. The molecule has 0 radical (unpaired) electrons. The van der Waals surface area contributed by atoms with Crippen molar-refractivity contribution >= 4 is 22.6 Å². The molecular weight excluding hydrogens is 311 g/mol. The fourth-order valence-corrected chi connectivity index (χ4v) is 2.22. The Balaban J connectivity index is 1.98. The predicted octanol–water partition coefficient (Wildman–Crippen LogP) is 2.83. The number of aryl methyl sites for hydroxylation is 1. The minimum Gasteiger partial charge on any atom is -0.322 e. The van der Waals surface area contributed by atoms with Crippen molar-refractivity contribution in [3.8, 4) is 0 Å². The molecule has 3 N–H and O–H groups in total. The van der Waals surface area contributed by atoms with Crippen LogP contribution in [-0.2, 0) is 0 Å². The monoisotopic (exact) mass is 321 g/mol. The maximum atomic E-state index is 13.6. The summed E-state index contributed by atoms with van der Waals surface area (Å²) in [5, 5.41) is 2.41. The summed E-state index contributed by atoms with van der Waals surface area (Å²) >= 11 is 0. The third-order valence-electron chi connectivity index (χ3n) is 3.39. The SMILES string of the molecule is Cc1cc2[nH]c(=O)[nH]c2cc1NC(=O)c1ccc(F)c(F)c1F. The van der Waals surface area contributed by atoms with E-state index in [0.717, 1.165) is 6.07 Å². The number of benzene rings is 2. The zero-order chi connectivity index (χ0) is 16.7. The van der Waals surface area contributed by atoms with Crippen LogP contribution in [0.3, 0.4) is 0 Å². The molecule has 1 aromatic heterocycles. The fourth-order valence-electron chi connectivity index (χ4n) is 2.22. The molecule has 1 heterocycles. The first-order valence-corrected chi connectivity index (χ1v) is 6.54. The Hall–Kier alpha value is -3.03. The molecule has 1 amide bonds. The van der Waals surface area contributed by atoms with Crippen LogP contribution in [0, 0.1) is 24.4 Å². The third-order valence-corrected chi connectivity index (χ3v) is 3.39. The van der Waals surface area contributed by atoms with Gasteiger partial charge in [0.25, 0.3) is 5.91 Å². The minimum absolute atomic E-state index is 0.307. The number of H-pyrrole nitrogens is 2. The van der Waals surface area contributed by atoms with Crippen molar-refractivity contribution in [1.29, 1.82) is 0 Å². The molecule has 3 rings (SSSR count). The number of anilines is 1. The summed E-state index contributed by atoms with van der Waals surface area (Å²) in [4.78, 5) is 28.4. The first kappa shape index (κ1) is 14.9. The Morgan fingerprint density at radius 2 is 1.70 bits per heavy atom. The van der Waals surface area contributed by atoms with E-state index in [1.165, 1.54) is 6.07 Å². The van der Waals surface area contributed by atoms with E-state index in [1.807, 2.05) is 0 Å². The summed E-state index contributed by atoms with van der Waals surface area (Å²) in [7, 11) is 0. The van der Waals surface area contributed by atoms with Gasteiger partial charge in [0.05, 0.1) is 16.6 Å². The highest BCUT2D eigenvalue weighted by Gasteiger charge is 2.19. The van der Waals surface area contributed by atoms with Crippen LogP contribution < -0.4 is 11.0 Å². The van der Waals surface area contributed by atoms with Crippen LogP contribution in [0.1, 0.15) is 15.9 Å². The van der Waals surface area contributed by atoms with E-state index >= 15 is 0 Å². The summed E-state index contributed by atoms with van der Waals surface area (Å²) in [6.07, 6.45) is 0. The molecule has 0 aliphatic heterocycles. The van der Waals surface area contributed by atoms with Gasteiger partial charge in [-0.2, -0.15) is 0 Å². The van der Waals surface area contributed by atoms with Gasteiger partial charge in [0, 0.05) is 5.69 Å². The fraction of sp³-hybridized carbons (Fsp3) is 0.0667. The second kappa shape index (κ2) is 5.31. The number of amides is 1. The Kier molecular flexibility index (Phi) is 3.44. The van der Waals surface area contributed by atoms with Gasteiger partial charge in [-0.3, -0.25) is 4.79 Å². The minimum atomic E-state index is -1.71. The van der Waals surface area contributed by atoms with E-state index in [0.29, 0.717) is 28.4 Å². The molecule has 0 aliphatic carbocycles. The molecule has 3 aromatic rings. The van der Waals surface area contributed by atoms with Crippen molar-refractivity contribution in [2.24, 2.45) is 0 Å². The third kappa shape index (κ3) is 2.59. The number of carbonyl (C=O) groups is 1. The number of carbonyl (C=O) groups excluding carboxylic acids is 1. The normalized spacial score (nSPS) is 11.0. The van der Waals surface area contributed by atoms with E-state index in [-0.39, 0.29) is 0 Å². The highest BCUT2D eigenvalue weighted by atomic mass is 19.2. The molecule has 118 valence electrons. The van der Waals surface area contributed by atoms with Gasteiger partial charge in [0.1, 0.15) is 0 Å². The Labute approximate surface area is 127 Å². The van der Waals surface area contributed by atoms with Crippen molar-refractivity contribution in [1.82, 2.24) is 9.97 Å². The number of nitrogens with one attached hydrogen (secondary N) is 3. The highest BCUT2D eigenvalue weighted by Crippen LogP contribution is 2.22. The maximum absolute atomic E-state index is 13.6. The Morgan fingerprint density at radius 3 is 2.39 bits per heavy atom. The average molecular weight is 321 g/mol. The van der Waals surface area contributed by atoms with Crippen molar-refractivity contribution < 1.29 is 18.0 Å². The topological polar surface area (TPSA) is 77.8 Å². The van der Waals surface area contributed by atoms with Crippen LogP contribution >= 0.6 is 0 Å². The molecule has 0 saturated heterocycles. The molecule has 5 nitrogen and oxygen atoms in total. The van der Waals surface area contributed by atoms with E-state index in [1.54, 1.807) is 13.0 Å². The largest absolute Gasteiger partial charge is 0.323 e. The van der Waals surface area contributed by atoms with Crippen LogP contribution in [0.4, 0.5) is 18.9 Å². The molecule has 0 spiro atoms. The van der Waals surface area contributed by atoms with Crippen LogP contribution in [0.25, 0.3) is 11.0 Å². The molecule has 0 bridgehead atoms. The van der Waals surface area contributed by atoms with Gasteiger partial charge in [-0.1, -0.05) is 0 Å². The van der Waals surface area contributed by atoms with Gasteiger partial charge in [-0.05, 0) is 36.8 Å². The second-order valence-electron chi connectivity index (χ2n) is 4.97. The lowest BCUT2D eigenvalue weighted by Gasteiger charge is -2.09. The van der Waals surface area contributed by atoms with Crippen LogP contribution in [-0.4, -0.2) is 15.9 Å². The molecule has 8 heteroatoms. The predicted molar refractivity (Wildman–Crippen MR) is 77.9 cm³/mol. The van der Waals surface area contributed by atoms with Gasteiger partial charge < -0.3 is 15.3 Å². The maximum Gasteiger partial charge on any atom is 0.323 e. The van der Waals surface area contributed by atoms with E-state index in [4.69, 9.17) is 0 Å². The highest BCUT2D eigenvalue weighted by molar-refractivity contribution is 6.05. The number of hydrogen-bond donors (Lipinski definition) is 3. The summed E-state index contributed by atoms with van der Waals surface area (Å²) in [6, 6.07) is 4.63. The van der Waals surface area contributed by atoms with Crippen LogP contribution in [0.15, 0.2) is 29.1 Å². The Bertz CT molecular complexity index is 992. The standard InChI is InChI=1S/C15H10F3N3O2/c1-6-4-10-11(21-15(23)20-10)5-9(6)19-14(22)7-2-3-8(16)13(18)12(7)17/h2-5H,1H3,(H,19,22)(H2,20,21,23). The molecule has 2 aromatic carbocycles. The number of hydrogen-bond acceptors (Lipinski definition) is 2. The van der Waals surface area contributed by atoms with Gasteiger partial charge in [-0.25, -0.2) is 18.0 Å². The number of aromatic nitrogens is 2. The van der Waals surface area contributed by atoms with E-state index in [9.17, 15) is 22.8 Å². The number of halogens is 3. The zero-order valence-corrected chi connectivity index (χ0v) is 11.8. The van der Waals surface area contributed by atoms with Gasteiger partial charge in [0.2, 0.25) is 0 Å². The van der Waals surface area contributed by atoms with Gasteiger partial charge in [0.15, 0.2) is 17.5 Å². The molecule has 0 fully saturated rings. The molecular formula is C15H10F3N3O2. The van der Waals surface area contributed by atoms with Crippen molar-refractivity contribution in [3.63, 3.8) is 0 Å². The first-order chi connectivity index (χ1) is 10.9. The molecule has 0 aliphatic rings. The van der Waals surface area contributed by atoms with Crippen molar-refractivity contribution in [2.75, 3.05) is 5.32 Å². The van der Waals surface area contributed by atoms with Gasteiger partial charge in [-0.15, -0.1) is 0 Å². The quantitative estimate of drug-likeness (QED) is 0.635. The smallest absolute Gasteiger partial charge is 0.322 e. The summed E-state index contributed by atoms with van der Waals surface area (Å²) < 4.78 is 39.8. The number of imidazole rings is 1. The van der Waals surface area contributed by atoms with E-state index < -0.39 is 34.6 Å². The summed E-state index contributed by atoms with van der Waals surface area (Å²) in [5.74, 6) is -5.57. The van der Waals surface area contributed by atoms with E-state index in [2.05, 4.69) is 15.3 Å². The zero-order valence-electron chi connectivity index (χ0n) is 11.8.